The highest BCUT2D eigenvalue weighted by Gasteiger charge is 2.13. The van der Waals surface area contributed by atoms with Gasteiger partial charge in [0.2, 0.25) is 0 Å². The summed E-state index contributed by atoms with van der Waals surface area (Å²) in [5.74, 6) is -0.749. The second kappa shape index (κ2) is 6.87. The molecule has 2 aromatic carbocycles. The number of halogens is 3. The van der Waals surface area contributed by atoms with Crippen molar-refractivity contribution >= 4 is 21.6 Å². The van der Waals surface area contributed by atoms with Gasteiger partial charge in [-0.2, -0.15) is 0 Å². The molecule has 0 spiro atoms. The van der Waals surface area contributed by atoms with Crippen LogP contribution in [0.15, 0.2) is 40.9 Å². The summed E-state index contributed by atoms with van der Waals surface area (Å²) in [5.41, 5.74) is 0.792. The first-order valence-electron chi connectivity index (χ1n) is 6.21. The molecule has 0 radical (unpaired) electrons. The summed E-state index contributed by atoms with van der Waals surface area (Å²) in [4.78, 5) is 0. The van der Waals surface area contributed by atoms with Crippen LogP contribution in [-0.4, -0.2) is 18.8 Å². The van der Waals surface area contributed by atoms with E-state index in [4.69, 9.17) is 4.74 Å². The summed E-state index contributed by atoms with van der Waals surface area (Å²) in [6.07, 6.45) is -1.08. The van der Waals surface area contributed by atoms with Crippen molar-refractivity contribution in [3.63, 3.8) is 0 Å². The van der Waals surface area contributed by atoms with E-state index in [1.807, 2.05) is 0 Å². The van der Waals surface area contributed by atoms with Crippen LogP contribution < -0.4 is 10.1 Å². The minimum atomic E-state index is -1.08. The molecule has 0 aromatic heterocycles. The normalized spacial score (nSPS) is 12.0. The third-order valence-electron chi connectivity index (χ3n) is 2.97. The van der Waals surface area contributed by atoms with E-state index in [-0.39, 0.29) is 12.1 Å². The Morgan fingerprint density at radius 3 is 2.62 bits per heavy atom. The Labute approximate surface area is 129 Å². The molecule has 1 unspecified atom stereocenters. The highest BCUT2D eigenvalue weighted by molar-refractivity contribution is 9.10. The summed E-state index contributed by atoms with van der Waals surface area (Å²) in [7, 11) is 1.56. The van der Waals surface area contributed by atoms with E-state index >= 15 is 0 Å². The second-order valence-electron chi connectivity index (χ2n) is 4.41. The Balaban J connectivity index is 2.03. The quantitative estimate of drug-likeness (QED) is 0.853. The number of anilines is 1. The number of ether oxygens (including phenoxy) is 1. The van der Waals surface area contributed by atoms with E-state index in [9.17, 15) is 13.9 Å². The molecule has 0 amide bonds. The van der Waals surface area contributed by atoms with Crippen molar-refractivity contribution in [2.75, 3.05) is 19.0 Å². The van der Waals surface area contributed by atoms with Crippen LogP contribution in [-0.2, 0) is 0 Å². The van der Waals surface area contributed by atoms with Crippen LogP contribution >= 0.6 is 15.9 Å². The average Bonchev–Trinajstić information content (AvgIpc) is 2.45. The third-order valence-corrected chi connectivity index (χ3v) is 3.59. The SMILES string of the molecule is COc1ccc(NCC(O)c2ccc(F)cc2F)cc1Br. The summed E-state index contributed by atoms with van der Waals surface area (Å²) < 4.78 is 32.2. The Morgan fingerprint density at radius 2 is 2.00 bits per heavy atom. The maximum Gasteiger partial charge on any atom is 0.133 e. The van der Waals surface area contributed by atoms with Gasteiger partial charge in [0.1, 0.15) is 17.4 Å². The molecule has 0 aliphatic carbocycles. The number of nitrogens with one attached hydrogen (secondary N) is 1. The van der Waals surface area contributed by atoms with E-state index in [2.05, 4.69) is 21.2 Å². The van der Waals surface area contributed by atoms with Crippen LogP contribution in [0.25, 0.3) is 0 Å². The van der Waals surface area contributed by atoms with Crippen LogP contribution in [0.1, 0.15) is 11.7 Å². The molecule has 0 saturated carbocycles. The lowest BCUT2D eigenvalue weighted by Gasteiger charge is -2.14. The topological polar surface area (TPSA) is 41.5 Å². The summed E-state index contributed by atoms with van der Waals surface area (Å²) in [6, 6.07) is 8.43. The van der Waals surface area contributed by atoms with Gasteiger partial charge >= 0.3 is 0 Å². The fraction of sp³-hybridized carbons (Fsp3) is 0.200. The molecular weight excluding hydrogens is 344 g/mol. The molecule has 2 rings (SSSR count). The van der Waals surface area contributed by atoms with Crippen LogP contribution in [0.5, 0.6) is 5.75 Å². The van der Waals surface area contributed by atoms with Gasteiger partial charge < -0.3 is 15.2 Å². The number of hydrogen-bond acceptors (Lipinski definition) is 3. The zero-order valence-electron chi connectivity index (χ0n) is 11.2. The molecule has 0 heterocycles. The molecule has 0 saturated heterocycles. The van der Waals surface area contributed by atoms with Crippen LogP contribution in [0.3, 0.4) is 0 Å². The predicted octanol–water partition coefficient (Wildman–Crippen LogP) is 3.88. The lowest BCUT2D eigenvalue weighted by atomic mass is 10.1. The fourth-order valence-corrected chi connectivity index (χ4v) is 2.41. The minimum absolute atomic E-state index is 0.0523. The highest BCUT2D eigenvalue weighted by atomic mass is 79.9. The lowest BCUT2D eigenvalue weighted by Crippen LogP contribution is -2.13. The van der Waals surface area contributed by atoms with Gasteiger partial charge in [0.25, 0.3) is 0 Å². The predicted molar refractivity (Wildman–Crippen MR) is 80.5 cm³/mol. The van der Waals surface area contributed by atoms with Crippen LogP contribution in [0, 0.1) is 11.6 Å². The Hall–Kier alpha value is -1.66. The first-order chi connectivity index (χ1) is 10.0. The smallest absolute Gasteiger partial charge is 0.133 e. The van der Waals surface area contributed by atoms with Crippen molar-refractivity contribution in [1.82, 2.24) is 0 Å². The highest BCUT2D eigenvalue weighted by Crippen LogP contribution is 2.28. The zero-order valence-corrected chi connectivity index (χ0v) is 12.8. The summed E-state index contributed by atoms with van der Waals surface area (Å²) in [6.45, 7) is 0.0985. The molecule has 3 nitrogen and oxygen atoms in total. The number of rotatable bonds is 5. The van der Waals surface area contributed by atoms with Gasteiger partial charge in [-0.15, -0.1) is 0 Å². The van der Waals surface area contributed by atoms with E-state index in [0.717, 1.165) is 22.3 Å². The number of aliphatic hydroxyl groups excluding tert-OH is 1. The van der Waals surface area contributed by atoms with E-state index in [1.165, 1.54) is 6.07 Å². The fourth-order valence-electron chi connectivity index (χ4n) is 1.87. The Morgan fingerprint density at radius 1 is 1.24 bits per heavy atom. The molecule has 0 fully saturated rings. The van der Waals surface area contributed by atoms with Gasteiger partial charge in [0.05, 0.1) is 17.7 Å². The summed E-state index contributed by atoms with van der Waals surface area (Å²) >= 11 is 3.35. The number of benzene rings is 2. The molecule has 2 aromatic rings. The molecule has 0 aliphatic rings. The van der Waals surface area contributed by atoms with Gasteiger partial charge in [-0.1, -0.05) is 6.07 Å². The third kappa shape index (κ3) is 3.92. The Bertz CT molecular complexity index is 637. The van der Waals surface area contributed by atoms with Crippen molar-refractivity contribution in [3.05, 3.63) is 58.1 Å². The van der Waals surface area contributed by atoms with Gasteiger partial charge in [-0.25, -0.2) is 8.78 Å². The average molecular weight is 358 g/mol. The number of methoxy groups -OCH3 is 1. The van der Waals surface area contributed by atoms with Crippen molar-refractivity contribution in [2.24, 2.45) is 0 Å². The first kappa shape index (κ1) is 15.7. The van der Waals surface area contributed by atoms with Crippen molar-refractivity contribution in [3.8, 4) is 5.75 Å². The largest absolute Gasteiger partial charge is 0.496 e. The Kier molecular flexibility index (Phi) is 5.14. The van der Waals surface area contributed by atoms with E-state index in [0.29, 0.717) is 5.75 Å². The van der Waals surface area contributed by atoms with Crippen molar-refractivity contribution in [2.45, 2.75) is 6.10 Å². The van der Waals surface area contributed by atoms with Gasteiger partial charge in [-0.3, -0.25) is 0 Å². The van der Waals surface area contributed by atoms with Gasteiger partial charge in [-0.05, 0) is 40.2 Å². The minimum Gasteiger partial charge on any atom is -0.496 e. The van der Waals surface area contributed by atoms with Gasteiger partial charge in [0.15, 0.2) is 0 Å². The molecule has 0 aliphatic heterocycles. The van der Waals surface area contributed by atoms with Crippen molar-refractivity contribution < 1.29 is 18.6 Å². The molecule has 1 atom stereocenters. The monoisotopic (exact) mass is 357 g/mol. The maximum absolute atomic E-state index is 13.5. The van der Waals surface area contributed by atoms with Crippen LogP contribution in [0.2, 0.25) is 0 Å². The molecule has 0 bridgehead atoms. The van der Waals surface area contributed by atoms with E-state index < -0.39 is 17.7 Å². The molecule has 21 heavy (non-hydrogen) atoms. The van der Waals surface area contributed by atoms with Crippen molar-refractivity contribution in [1.29, 1.82) is 0 Å². The van der Waals surface area contributed by atoms with E-state index in [1.54, 1.807) is 25.3 Å². The maximum atomic E-state index is 13.5. The zero-order chi connectivity index (χ0) is 15.4. The second-order valence-corrected chi connectivity index (χ2v) is 5.27. The standard InChI is InChI=1S/C15H14BrF2NO2/c1-21-15-5-3-10(7-12(15)16)19-8-14(20)11-4-2-9(17)6-13(11)18/h2-7,14,19-20H,8H2,1H3. The number of aliphatic hydroxyl groups is 1. The summed E-state index contributed by atoms with van der Waals surface area (Å²) in [5, 5.41) is 12.9. The van der Waals surface area contributed by atoms with Crippen LogP contribution in [0.4, 0.5) is 14.5 Å². The molecule has 112 valence electrons. The first-order valence-corrected chi connectivity index (χ1v) is 7.01. The molecule has 2 N–H and O–H groups in total. The van der Waals surface area contributed by atoms with Gasteiger partial charge in [0, 0.05) is 23.9 Å². The lowest BCUT2D eigenvalue weighted by molar-refractivity contribution is 0.186. The molecular formula is C15H14BrF2NO2. The number of hydrogen-bond donors (Lipinski definition) is 2. The molecule has 6 heteroatoms.